The minimum Gasteiger partial charge on any atom is -0.374 e. The van der Waals surface area contributed by atoms with E-state index >= 15 is 0 Å². The van der Waals surface area contributed by atoms with E-state index in [-0.39, 0.29) is 6.10 Å². The second-order valence-corrected chi connectivity index (χ2v) is 4.60. The molecule has 3 rings (SSSR count). The highest BCUT2D eigenvalue weighted by molar-refractivity contribution is 5.62. The number of hydrogen-bond acceptors (Lipinski definition) is 4. The van der Waals surface area contributed by atoms with Gasteiger partial charge >= 0.3 is 0 Å². The van der Waals surface area contributed by atoms with Crippen LogP contribution in [0.2, 0.25) is 0 Å². The molecule has 0 N–H and O–H groups in total. The van der Waals surface area contributed by atoms with Crippen LogP contribution in [0.1, 0.15) is 25.5 Å². The van der Waals surface area contributed by atoms with E-state index in [9.17, 15) is 0 Å². The predicted molar refractivity (Wildman–Crippen MR) is 76.3 cm³/mol. The summed E-state index contributed by atoms with van der Waals surface area (Å²) in [4.78, 5) is 4.27. The van der Waals surface area contributed by atoms with E-state index in [2.05, 4.69) is 46.4 Å². The number of benzene rings is 1. The molecule has 102 valence electrons. The second kappa shape index (κ2) is 5.38. The Bertz CT molecular complexity index is 705. The van der Waals surface area contributed by atoms with Crippen LogP contribution in [0, 0.1) is 0 Å². The van der Waals surface area contributed by atoms with E-state index in [0.29, 0.717) is 5.78 Å². The second-order valence-electron chi connectivity index (χ2n) is 4.60. The Balaban J connectivity index is 1.90. The fraction of sp³-hybridized carbons (Fsp3) is 0.267. The molecule has 0 saturated carbocycles. The monoisotopic (exact) mass is 268 g/mol. The van der Waals surface area contributed by atoms with Crippen molar-refractivity contribution in [3.63, 3.8) is 0 Å². The van der Waals surface area contributed by atoms with Crippen molar-refractivity contribution in [3.8, 4) is 11.1 Å². The lowest BCUT2D eigenvalue weighted by Gasteiger charge is -2.12. The summed E-state index contributed by atoms with van der Waals surface area (Å²) in [5.41, 5.74) is 3.32. The van der Waals surface area contributed by atoms with E-state index in [0.717, 1.165) is 17.7 Å². The summed E-state index contributed by atoms with van der Waals surface area (Å²) in [5.74, 6) is 0.607. The quantitative estimate of drug-likeness (QED) is 0.730. The van der Waals surface area contributed by atoms with Crippen LogP contribution in [0.25, 0.3) is 16.9 Å². The molecule has 0 aliphatic carbocycles. The van der Waals surface area contributed by atoms with Gasteiger partial charge in [-0.2, -0.15) is 0 Å². The van der Waals surface area contributed by atoms with E-state index in [1.165, 1.54) is 5.56 Å². The molecule has 0 bridgehead atoms. The Hall–Kier alpha value is -2.27. The molecule has 0 radical (unpaired) electrons. The molecule has 5 nitrogen and oxygen atoms in total. The molecule has 1 unspecified atom stereocenters. The first kappa shape index (κ1) is 12.7. The fourth-order valence-corrected chi connectivity index (χ4v) is 2.17. The van der Waals surface area contributed by atoms with Gasteiger partial charge < -0.3 is 4.74 Å². The molecule has 0 amide bonds. The van der Waals surface area contributed by atoms with Crippen LogP contribution in [0.4, 0.5) is 0 Å². The lowest BCUT2D eigenvalue weighted by atomic mass is 10.0. The molecule has 0 spiro atoms. The largest absolute Gasteiger partial charge is 0.374 e. The number of rotatable bonds is 4. The molecule has 0 fully saturated rings. The van der Waals surface area contributed by atoms with Crippen molar-refractivity contribution in [2.45, 2.75) is 20.0 Å². The Kier molecular flexibility index (Phi) is 3.43. The Morgan fingerprint density at radius 1 is 1.20 bits per heavy atom. The first-order chi connectivity index (χ1) is 9.78. The van der Waals surface area contributed by atoms with Gasteiger partial charge in [0.1, 0.15) is 6.33 Å². The summed E-state index contributed by atoms with van der Waals surface area (Å²) >= 11 is 0. The minimum atomic E-state index is 0.118. The van der Waals surface area contributed by atoms with Crippen molar-refractivity contribution >= 4 is 5.78 Å². The summed E-state index contributed by atoms with van der Waals surface area (Å²) < 4.78 is 7.40. The van der Waals surface area contributed by atoms with Crippen LogP contribution in [0.15, 0.2) is 43.0 Å². The van der Waals surface area contributed by atoms with E-state index in [1.54, 1.807) is 6.33 Å². The van der Waals surface area contributed by atoms with Gasteiger partial charge in [-0.1, -0.05) is 24.3 Å². The third-order valence-electron chi connectivity index (χ3n) is 3.28. The molecular weight excluding hydrogens is 252 g/mol. The Morgan fingerprint density at radius 2 is 2.00 bits per heavy atom. The van der Waals surface area contributed by atoms with Gasteiger partial charge in [-0.3, -0.25) is 4.40 Å². The number of hydrogen-bond donors (Lipinski definition) is 0. The number of fused-ring (bicyclic) bond motifs is 1. The van der Waals surface area contributed by atoms with Crippen LogP contribution < -0.4 is 0 Å². The molecule has 0 saturated heterocycles. The molecule has 2 heterocycles. The average Bonchev–Trinajstić information content (AvgIpc) is 2.95. The van der Waals surface area contributed by atoms with Crippen molar-refractivity contribution in [2.24, 2.45) is 0 Å². The number of nitrogens with zero attached hydrogens (tertiary/aromatic N) is 4. The summed E-state index contributed by atoms with van der Waals surface area (Å²) in [6, 6.07) is 8.34. The lowest BCUT2D eigenvalue weighted by Crippen LogP contribution is -1.99. The van der Waals surface area contributed by atoms with Crippen LogP contribution in [0.3, 0.4) is 0 Å². The highest BCUT2D eigenvalue weighted by atomic mass is 16.5. The highest BCUT2D eigenvalue weighted by Gasteiger charge is 2.06. The minimum absolute atomic E-state index is 0.118. The van der Waals surface area contributed by atoms with E-state index in [4.69, 9.17) is 4.74 Å². The van der Waals surface area contributed by atoms with Crippen molar-refractivity contribution in [3.05, 3.63) is 48.5 Å². The number of aromatic nitrogens is 4. The van der Waals surface area contributed by atoms with Crippen LogP contribution in [0.5, 0.6) is 0 Å². The molecule has 20 heavy (non-hydrogen) atoms. The summed E-state index contributed by atoms with van der Waals surface area (Å²) in [6.45, 7) is 4.78. The third-order valence-corrected chi connectivity index (χ3v) is 3.28. The van der Waals surface area contributed by atoms with Gasteiger partial charge in [0.15, 0.2) is 0 Å². The molecule has 1 atom stereocenters. The summed E-state index contributed by atoms with van der Waals surface area (Å²) in [6.07, 6.45) is 5.55. The van der Waals surface area contributed by atoms with Crippen LogP contribution in [-0.4, -0.2) is 26.2 Å². The van der Waals surface area contributed by atoms with Gasteiger partial charge in [0, 0.05) is 24.6 Å². The van der Waals surface area contributed by atoms with Crippen molar-refractivity contribution in [1.82, 2.24) is 19.6 Å². The van der Waals surface area contributed by atoms with Gasteiger partial charge in [-0.25, -0.2) is 4.98 Å². The molecule has 0 aliphatic heterocycles. The standard InChI is InChI=1S/C15H16N4O/c1-3-20-11(2)12-4-6-13(7-5-12)14-8-16-15-18-17-10-19(15)9-14/h4-11H,3H2,1-2H3. The van der Waals surface area contributed by atoms with Gasteiger partial charge in [0.2, 0.25) is 0 Å². The summed E-state index contributed by atoms with van der Waals surface area (Å²) in [5, 5.41) is 7.72. The van der Waals surface area contributed by atoms with Gasteiger partial charge in [-0.05, 0) is 25.0 Å². The predicted octanol–water partition coefficient (Wildman–Crippen LogP) is 2.89. The maximum absolute atomic E-state index is 5.59. The topological polar surface area (TPSA) is 52.3 Å². The fourth-order valence-electron chi connectivity index (χ4n) is 2.17. The average molecular weight is 268 g/mol. The smallest absolute Gasteiger partial charge is 0.254 e. The Morgan fingerprint density at radius 3 is 2.75 bits per heavy atom. The van der Waals surface area contributed by atoms with Crippen LogP contribution in [-0.2, 0) is 4.74 Å². The SMILES string of the molecule is CCOC(C)c1ccc(-c2cnc3nncn3c2)cc1. The maximum atomic E-state index is 5.59. The summed E-state index contributed by atoms with van der Waals surface area (Å²) in [7, 11) is 0. The van der Waals surface area contributed by atoms with Crippen LogP contribution >= 0.6 is 0 Å². The van der Waals surface area contributed by atoms with E-state index < -0.39 is 0 Å². The first-order valence-electron chi connectivity index (χ1n) is 6.65. The van der Waals surface area contributed by atoms with Gasteiger partial charge in [0.25, 0.3) is 5.78 Å². The van der Waals surface area contributed by atoms with Crippen molar-refractivity contribution in [2.75, 3.05) is 6.61 Å². The molecule has 5 heteroatoms. The molecule has 2 aromatic heterocycles. The zero-order valence-electron chi connectivity index (χ0n) is 11.5. The molecule has 3 aromatic rings. The van der Waals surface area contributed by atoms with Crippen molar-refractivity contribution in [1.29, 1.82) is 0 Å². The molecule has 1 aromatic carbocycles. The molecule has 0 aliphatic rings. The van der Waals surface area contributed by atoms with Gasteiger partial charge in [-0.15, -0.1) is 10.2 Å². The Labute approximate surface area is 117 Å². The highest BCUT2D eigenvalue weighted by Crippen LogP contribution is 2.22. The van der Waals surface area contributed by atoms with E-state index in [1.807, 2.05) is 23.7 Å². The zero-order chi connectivity index (χ0) is 13.9. The maximum Gasteiger partial charge on any atom is 0.254 e. The first-order valence-corrected chi connectivity index (χ1v) is 6.65. The van der Waals surface area contributed by atoms with Crippen molar-refractivity contribution < 1.29 is 4.74 Å². The van der Waals surface area contributed by atoms with Gasteiger partial charge in [0.05, 0.1) is 6.10 Å². The third kappa shape index (κ3) is 2.40. The lowest BCUT2D eigenvalue weighted by molar-refractivity contribution is 0.0764. The zero-order valence-corrected chi connectivity index (χ0v) is 11.5. The molecular formula is C15H16N4O. The normalized spacial score (nSPS) is 12.7. The number of ether oxygens (including phenoxy) is 1.